The third-order valence-electron chi connectivity index (χ3n) is 3.70. The van der Waals surface area contributed by atoms with Crippen molar-refractivity contribution in [1.29, 1.82) is 0 Å². The van der Waals surface area contributed by atoms with Gasteiger partial charge in [0.05, 0.1) is 10.6 Å². The van der Waals surface area contributed by atoms with Gasteiger partial charge < -0.3 is 10.1 Å². The summed E-state index contributed by atoms with van der Waals surface area (Å²) in [6.07, 6.45) is 3.09. The summed E-state index contributed by atoms with van der Waals surface area (Å²) in [6.45, 7) is 1.54. The van der Waals surface area contributed by atoms with E-state index in [9.17, 15) is 14.4 Å². The molecule has 0 radical (unpaired) electrons. The summed E-state index contributed by atoms with van der Waals surface area (Å²) in [4.78, 5) is 36.9. The van der Waals surface area contributed by atoms with E-state index in [1.165, 1.54) is 11.8 Å². The Morgan fingerprint density at radius 1 is 1.11 bits per heavy atom. The summed E-state index contributed by atoms with van der Waals surface area (Å²) in [5.41, 5.74) is 1.23. The Kier molecular flexibility index (Phi) is 7.88. The molecule has 0 fully saturated rings. The molecule has 0 aliphatic rings. The lowest BCUT2D eigenvalue weighted by atomic mass is 10.1. The van der Waals surface area contributed by atoms with E-state index in [0.29, 0.717) is 17.7 Å². The van der Waals surface area contributed by atoms with Gasteiger partial charge in [-0.3, -0.25) is 9.59 Å². The molecule has 0 heterocycles. The van der Waals surface area contributed by atoms with Gasteiger partial charge in [-0.25, -0.2) is 4.79 Å². The van der Waals surface area contributed by atoms with E-state index in [4.69, 9.17) is 16.3 Å². The van der Waals surface area contributed by atoms with Gasteiger partial charge in [0.1, 0.15) is 0 Å². The van der Waals surface area contributed by atoms with Gasteiger partial charge in [0.25, 0.3) is 0 Å². The Bertz CT molecular complexity index is 836. The van der Waals surface area contributed by atoms with Crippen LogP contribution in [-0.2, 0) is 9.53 Å². The monoisotopic (exact) mass is 405 g/mol. The van der Waals surface area contributed by atoms with E-state index >= 15 is 0 Å². The van der Waals surface area contributed by atoms with Crippen molar-refractivity contribution in [1.82, 2.24) is 0 Å². The number of rotatable bonds is 8. The van der Waals surface area contributed by atoms with Crippen LogP contribution in [0.1, 0.15) is 40.5 Å². The number of esters is 1. The van der Waals surface area contributed by atoms with E-state index in [2.05, 4.69) is 5.32 Å². The predicted octanol–water partition coefficient (Wildman–Crippen LogP) is 4.84. The van der Waals surface area contributed by atoms with Gasteiger partial charge in [0.2, 0.25) is 5.91 Å². The minimum atomic E-state index is -0.646. The SMILES string of the molecule is CCCC(=O)Nc1ccc(C(=O)COC(=O)c2cc(SC)ccc2Cl)cc1. The quantitative estimate of drug-likeness (QED) is 0.386. The summed E-state index contributed by atoms with van der Waals surface area (Å²) < 4.78 is 5.10. The summed E-state index contributed by atoms with van der Waals surface area (Å²) in [5.74, 6) is -1.06. The zero-order chi connectivity index (χ0) is 19.8. The van der Waals surface area contributed by atoms with Crippen molar-refractivity contribution in [3.8, 4) is 0 Å². The molecule has 27 heavy (non-hydrogen) atoms. The standard InChI is InChI=1S/C20H20ClNO4S/c1-3-4-19(24)22-14-7-5-13(6-8-14)18(23)12-26-20(25)16-11-15(27-2)9-10-17(16)21/h5-11H,3-4,12H2,1-2H3,(H,22,24). The molecular formula is C20H20ClNO4S. The average molecular weight is 406 g/mol. The van der Waals surface area contributed by atoms with Gasteiger partial charge in [-0.1, -0.05) is 18.5 Å². The number of amides is 1. The lowest BCUT2D eigenvalue weighted by Gasteiger charge is -2.08. The fraction of sp³-hybridized carbons (Fsp3) is 0.250. The number of ether oxygens (including phenoxy) is 1. The summed E-state index contributed by atoms with van der Waals surface area (Å²) in [6, 6.07) is 11.5. The Morgan fingerprint density at radius 2 is 1.81 bits per heavy atom. The largest absolute Gasteiger partial charge is 0.454 e. The summed E-state index contributed by atoms with van der Waals surface area (Å²) >= 11 is 7.51. The molecule has 0 unspecified atom stereocenters. The molecule has 0 spiro atoms. The Labute approximate surface area is 167 Å². The topological polar surface area (TPSA) is 72.5 Å². The minimum Gasteiger partial charge on any atom is -0.454 e. The molecule has 0 atom stereocenters. The third kappa shape index (κ3) is 6.12. The number of carbonyl (C=O) groups is 3. The van der Waals surface area contributed by atoms with Crippen molar-refractivity contribution in [2.45, 2.75) is 24.7 Å². The number of carbonyl (C=O) groups excluding carboxylic acids is 3. The molecule has 0 saturated carbocycles. The van der Waals surface area contributed by atoms with Crippen LogP contribution in [0.3, 0.4) is 0 Å². The van der Waals surface area contributed by atoms with Crippen LogP contribution in [0.15, 0.2) is 47.4 Å². The molecule has 7 heteroatoms. The first-order valence-electron chi connectivity index (χ1n) is 8.38. The fourth-order valence-electron chi connectivity index (χ4n) is 2.27. The van der Waals surface area contributed by atoms with Gasteiger partial charge in [-0.05, 0) is 55.1 Å². The Morgan fingerprint density at radius 3 is 2.44 bits per heavy atom. The normalized spacial score (nSPS) is 10.3. The number of anilines is 1. The zero-order valence-electron chi connectivity index (χ0n) is 15.1. The highest BCUT2D eigenvalue weighted by atomic mass is 35.5. The van der Waals surface area contributed by atoms with Gasteiger partial charge >= 0.3 is 5.97 Å². The molecule has 2 rings (SSSR count). The number of thioether (sulfide) groups is 1. The maximum Gasteiger partial charge on any atom is 0.340 e. The van der Waals surface area contributed by atoms with Crippen molar-refractivity contribution in [3.63, 3.8) is 0 Å². The van der Waals surface area contributed by atoms with Crippen LogP contribution >= 0.6 is 23.4 Å². The minimum absolute atomic E-state index is 0.0742. The molecule has 2 aromatic rings. The zero-order valence-corrected chi connectivity index (χ0v) is 16.7. The highest BCUT2D eigenvalue weighted by Crippen LogP contribution is 2.23. The lowest BCUT2D eigenvalue weighted by Crippen LogP contribution is -2.15. The maximum absolute atomic E-state index is 12.2. The molecular weight excluding hydrogens is 386 g/mol. The number of Topliss-reactive ketones (excluding diaryl/α,β-unsaturated/α-hetero) is 1. The van der Waals surface area contributed by atoms with Crippen molar-refractivity contribution in [3.05, 3.63) is 58.6 Å². The van der Waals surface area contributed by atoms with Crippen LogP contribution in [0.2, 0.25) is 5.02 Å². The molecule has 0 aromatic heterocycles. The lowest BCUT2D eigenvalue weighted by molar-refractivity contribution is -0.116. The van der Waals surface area contributed by atoms with Crippen LogP contribution < -0.4 is 5.32 Å². The molecule has 0 aliphatic carbocycles. The van der Waals surface area contributed by atoms with Gasteiger partial charge in [0.15, 0.2) is 12.4 Å². The van der Waals surface area contributed by atoms with Crippen molar-refractivity contribution < 1.29 is 19.1 Å². The highest BCUT2D eigenvalue weighted by molar-refractivity contribution is 7.98. The van der Waals surface area contributed by atoms with Crippen molar-refractivity contribution in [2.75, 3.05) is 18.2 Å². The van der Waals surface area contributed by atoms with E-state index in [-0.39, 0.29) is 28.9 Å². The molecule has 0 saturated heterocycles. The molecule has 0 bridgehead atoms. The number of hydrogen-bond donors (Lipinski definition) is 1. The Hall–Kier alpha value is -2.31. The first-order valence-corrected chi connectivity index (χ1v) is 9.98. The summed E-state index contributed by atoms with van der Waals surface area (Å²) in [5, 5.41) is 3.02. The first kappa shape index (κ1) is 21.0. The van der Waals surface area contributed by atoms with E-state index < -0.39 is 5.97 Å². The second-order valence-corrected chi connectivity index (χ2v) is 7.01. The van der Waals surface area contributed by atoms with Gasteiger partial charge in [-0.15, -0.1) is 11.8 Å². The number of ketones is 1. The second-order valence-electron chi connectivity index (χ2n) is 5.72. The smallest absolute Gasteiger partial charge is 0.340 e. The Balaban J connectivity index is 1.95. The molecule has 2 aromatic carbocycles. The van der Waals surface area contributed by atoms with Gasteiger partial charge in [-0.2, -0.15) is 0 Å². The molecule has 1 amide bonds. The maximum atomic E-state index is 12.2. The van der Waals surface area contributed by atoms with Crippen LogP contribution in [0.5, 0.6) is 0 Å². The second kappa shape index (κ2) is 10.1. The van der Waals surface area contributed by atoms with Crippen molar-refractivity contribution >= 4 is 46.7 Å². The summed E-state index contributed by atoms with van der Waals surface area (Å²) in [7, 11) is 0. The molecule has 1 N–H and O–H groups in total. The number of halogens is 1. The average Bonchev–Trinajstić information content (AvgIpc) is 2.67. The molecule has 142 valence electrons. The first-order chi connectivity index (χ1) is 12.9. The number of nitrogens with one attached hydrogen (secondary N) is 1. The van der Waals surface area contributed by atoms with E-state index in [1.807, 2.05) is 13.2 Å². The van der Waals surface area contributed by atoms with Crippen LogP contribution in [-0.4, -0.2) is 30.5 Å². The fourth-order valence-corrected chi connectivity index (χ4v) is 2.90. The van der Waals surface area contributed by atoms with Crippen LogP contribution in [0.25, 0.3) is 0 Å². The third-order valence-corrected chi connectivity index (χ3v) is 4.75. The van der Waals surface area contributed by atoms with Crippen LogP contribution in [0, 0.1) is 0 Å². The number of hydrogen-bond acceptors (Lipinski definition) is 5. The van der Waals surface area contributed by atoms with Crippen molar-refractivity contribution in [2.24, 2.45) is 0 Å². The highest BCUT2D eigenvalue weighted by Gasteiger charge is 2.15. The van der Waals surface area contributed by atoms with Crippen LogP contribution in [0.4, 0.5) is 5.69 Å². The van der Waals surface area contributed by atoms with E-state index in [1.54, 1.807) is 42.5 Å². The molecule has 0 aliphatic heterocycles. The number of benzene rings is 2. The van der Waals surface area contributed by atoms with Gasteiger partial charge in [0, 0.05) is 22.6 Å². The van der Waals surface area contributed by atoms with E-state index in [0.717, 1.165) is 11.3 Å². The predicted molar refractivity (Wildman–Crippen MR) is 108 cm³/mol. The molecule has 5 nitrogen and oxygen atoms in total.